The molecule has 1 aliphatic heterocycles. The number of amides is 1. The number of carbonyl (C=O) groups is 1. The zero-order valence-corrected chi connectivity index (χ0v) is 22.2. The Morgan fingerprint density at radius 3 is 2.41 bits per heavy atom. The van der Waals surface area contributed by atoms with Gasteiger partial charge in [-0.1, -0.05) is 44.2 Å². The van der Waals surface area contributed by atoms with Crippen molar-refractivity contribution < 1.29 is 13.9 Å². The Bertz CT molecular complexity index is 1180. The van der Waals surface area contributed by atoms with E-state index in [1.165, 1.54) is 31.7 Å². The Morgan fingerprint density at radius 1 is 0.973 bits per heavy atom. The number of alkyl carbamates (subject to hydrolysis) is 1. The topological polar surface area (TPSA) is 46.5 Å². The van der Waals surface area contributed by atoms with Gasteiger partial charge in [0, 0.05) is 42.6 Å². The number of aromatic nitrogens is 1. The summed E-state index contributed by atoms with van der Waals surface area (Å²) < 4.78 is 21.9. The highest BCUT2D eigenvalue weighted by Crippen LogP contribution is 2.36. The Kier molecular flexibility index (Phi) is 8.14. The molecule has 37 heavy (non-hydrogen) atoms. The maximum atomic E-state index is 14.0. The number of likely N-dealkylation sites (tertiary alicyclic amines) is 1. The van der Waals surface area contributed by atoms with Gasteiger partial charge in [-0.25, -0.2) is 9.18 Å². The van der Waals surface area contributed by atoms with Crippen molar-refractivity contribution >= 4 is 17.0 Å². The third kappa shape index (κ3) is 6.18. The van der Waals surface area contributed by atoms with Crippen molar-refractivity contribution in [3.8, 4) is 0 Å². The number of benzene rings is 2. The number of piperidine rings is 1. The van der Waals surface area contributed by atoms with E-state index in [1.807, 2.05) is 42.5 Å². The van der Waals surface area contributed by atoms with Gasteiger partial charge in [0.1, 0.15) is 12.4 Å². The van der Waals surface area contributed by atoms with Crippen molar-refractivity contribution in [1.29, 1.82) is 0 Å². The van der Waals surface area contributed by atoms with Crippen LogP contribution in [0.15, 0.2) is 54.6 Å². The van der Waals surface area contributed by atoms with Crippen LogP contribution in [0.4, 0.5) is 9.18 Å². The second-order valence-corrected chi connectivity index (χ2v) is 11.2. The molecule has 0 spiro atoms. The van der Waals surface area contributed by atoms with Crippen molar-refractivity contribution in [1.82, 2.24) is 14.8 Å². The molecule has 1 aromatic heterocycles. The molecule has 5 nitrogen and oxygen atoms in total. The maximum absolute atomic E-state index is 14.0. The maximum Gasteiger partial charge on any atom is 0.407 e. The number of nitrogens with one attached hydrogen (secondary N) is 1. The number of carbonyl (C=O) groups excluding carboxylic acids is 1. The van der Waals surface area contributed by atoms with Crippen LogP contribution in [0.5, 0.6) is 0 Å². The fraction of sp³-hybridized carbons (Fsp3) is 0.516. The summed E-state index contributed by atoms with van der Waals surface area (Å²) in [6, 6.07) is 17.7. The summed E-state index contributed by atoms with van der Waals surface area (Å²) in [5.74, 6) is 1.43. The second kappa shape index (κ2) is 11.7. The molecule has 2 aromatic carbocycles. The van der Waals surface area contributed by atoms with E-state index in [2.05, 4.69) is 28.6 Å². The summed E-state index contributed by atoms with van der Waals surface area (Å²) in [6.07, 6.45) is 7.00. The number of rotatable bonds is 7. The van der Waals surface area contributed by atoms with Crippen LogP contribution in [0.25, 0.3) is 10.9 Å². The Labute approximate surface area is 220 Å². The summed E-state index contributed by atoms with van der Waals surface area (Å²) >= 11 is 0. The summed E-state index contributed by atoms with van der Waals surface area (Å²) in [4.78, 5) is 15.1. The molecule has 1 saturated heterocycles. The van der Waals surface area contributed by atoms with Crippen LogP contribution in [0.2, 0.25) is 0 Å². The van der Waals surface area contributed by atoms with Gasteiger partial charge in [0.05, 0.1) is 5.69 Å². The number of ether oxygens (including phenoxy) is 1. The van der Waals surface area contributed by atoms with E-state index in [0.29, 0.717) is 18.6 Å². The van der Waals surface area contributed by atoms with Crippen LogP contribution in [-0.2, 0) is 17.9 Å². The van der Waals surface area contributed by atoms with Gasteiger partial charge < -0.3 is 19.5 Å². The highest BCUT2D eigenvalue weighted by molar-refractivity contribution is 5.81. The highest BCUT2D eigenvalue weighted by atomic mass is 19.1. The minimum Gasteiger partial charge on any atom is -0.443 e. The van der Waals surface area contributed by atoms with E-state index >= 15 is 0 Å². The number of nitrogens with zero attached hydrogens (tertiary/aromatic N) is 2. The minimum absolute atomic E-state index is 0.163. The fourth-order valence-electron chi connectivity index (χ4n) is 6.41. The molecule has 6 heteroatoms. The largest absolute Gasteiger partial charge is 0.443 e. The van der Waals surface area contributed by atoms with Crippen LogP contribution in [-0.4, -0.2) is 34.7 Å². The first kappa shape index (κ1) is 25.8. The quantitative estimate of drug-likeness (QED) is 0.374. The monoisotopic (exact) mass is 505 g/mol. The zero-order chi connectivity index (χ0) is 25.8. The first-order chi connectivity index (χ1) is 18.0. The van der Waals surface area contributed by atoms with Gasteiger partial charge in [0.15, 0.2) is 0 Å². The van der Waals surface area contributed by atoms with Crippen molar-refractivity contribution in [3.63, 3.8) is 0 Å². The van der Waals surface area contributed by atoms with Crippen LogP contribution in [0, 0.1) is 17.7 Å². The van der Waals surface area contributed by atoms with Gasteiger partial charge >= 0.3 is 6.09 Å². The first-order valence-electron chi connectivity index (χ1n) is 14.0. The first-order valence-corrected chi connectivity index (χ1v) is 14.0. The predicted molar refractivity (Wildman–Crippen MR) is 146 cm³/mol. The van der Waals surface area contributed by atoms with Crippen molar-refractivity contribution in [2.45, 2.75) is 77.6 Å². The SMILES string of the molecule is CC(C)C1CCC(N2CCC(n3c(COC(=O)NCc4ccccc4)cc4cc(F)ccc43)CC2)CC1. The van der Waals surface area contributed by atoms with E-state index in [4.69, 9.17) is 4.74 Å². The van der Waals surface area contributed by atoms with Crippen LogP contribution in [0.1, 0.15) is 69.7 Å². The average Bonchev–Trinajstić information content (AvgIpc) is 3.28. The number of hydrogen-bond acceptors (Lipinski definition) is 3. The molecule has 2 aliphatic rings. The molecule has 5 rings (SSSR count). The summed E-state index contributed by atoms with van der Waals surface area (Å²) in [7, 11) is 0. The molecule has 198 valence electrons. The van der Waals surface area contributed by atoms with Gasteiger partial charge in [0.2, 0.25) is 0 Å². The van der Waals surface area contributed by atoms with Crippen molar-refractivity contribution in [3.05, 3.63) is 71.7 Å². The van der Waals surface area contributed by atoms with Crippen LogP contribution in [0.3, 0.4) is 0 Å². The summed E-state index contributed by atoms with van der Waals surface area (Å²) in [6.45, 7) is 7.47. The molecule has 3 aromatic rings. The number of halogens is 1. The molecule has 2 fully saturated rings. The molecule has 0 atom stereocenters. The Morgan fingerprint density at radius 2 is 1.70 bits per heavy atom. The van der Waals surface area contributed by atoms with Gasteiger partial charge in [-0.2, -0.15) is 0 Å². The Balaban J connectivity index is 1.23. The fourth-order valence-corrected chi connectivity index (χ4v) is 6.41. The lowest BCUT2D eigenvalue weighted by molar-refractivity contribution is 0.0873. The third-order valence-corrected chi connectivity index (χ3v) is 8.58. The normalized spacial score (nSPS) is 21.4. The summed E-state index contributed by atoms with van der Waals surface area (Å²) in [5.41, 5.74) is 2.96. The number of fused-ring (bicyclic) bond motifs is 1. The van der Waals surface area contributed by atoms with E-state index < -0.39 is 6.09 Å². The predicted octanol–water partition coefficient (Wildman–Crippen LogP) is 7.06. The summed E-state index contributed by atoms with van der Waals surface area (Å²) in [5, 5.41) is 3.69. The lowest BCUT2D eigenvalue weighted by Gasteiger charge is -2.42. The van der Waals surface area contributed by atoms with E-state index in [-0.39, 0.29) is 12.4 Å². The lowest BCUT2D eigenvalue weighted by atomic mass is 9.79. The van der Waals surface area contributed by atoms with Gasteiger partial charge in [0.25, 0.3) is 0 Å². The Hall–Kier alpha value is -2.86. The average molecular weight is 506 g/mol. The highest BCUT2D eigenvalue weighted by Gasteiger charge is 2.31. The number of hydrogen-bond donors (Lipinski definition) is 1. The molecule has 1 N–H and O–H groups in total. The third-order valence-electron chi connectivity index (χ3n) is 8.58. The second-order valence-electron chi connectivity index (χ2n) is 11.2. The van der Waals surface area contributed by atoms with Crippen molar-refractivity contribution in [2.24, 2.45) is 11.8 Å². The molecular formula is C31H40FN3O2. The van der Waals surface area contributed by atoms with Crippen molar-refractivity contribution in [2.75, 3.05) is 13.1 Å². The molecular weight excluding hydrogens is 465 g/mol. The lowest BCUT2D eigenvalue weighted by Crippen LogP contribution is -2.44. The van der Waals surface area contributed by atoms with Gasteiger partial charge in [-0.05, 0) is 80.2 Å². The van der Waals surface area contributed by atoms with E-state index in [1.54, 1.807) is 6.07 Å². The molecule has 0 radical (unpaired) electrons. The molecule has 0 bridgehead atoms. The van der Waals surface area contributed by atoms with Gasteiger partial charge in [-0.3, -0.25) is 0 Å². The smallest absolute Gasteiger partial charge is 0.407 e. The minimum atomic E-state index is -0.446. The van der Waals surface area contributed by atoms with Crippen LogP contribution >= 0.6 is 0 Å². The molecule has 1 aliphatic carbocycles. The van der Waals surface area contributed by atoms with E-state index in [0.717, 1.165) is 59.9 Å². The van der Waals surface area contributed by atoms with Gasteiger partial charge in [-0.15, -0.1) is 0 Å². The molecule has 0 unspecified atom stereocenters. The zero-order valence-electron chi connectivity index (χ0n) is 22.2. The molecule has 2 heterocycles. The van der Waals surface area contributed by atoms with Crippen LogP contribution < -0.4 is 5.32 Å². The standard InChI is InChI=1S/C31H40FN3O2/c1-22(2)24-8-11-27(12-9-24)34-16-14-28(15-17-34)35-29(19-25-18-26(32)10-13-30(25)35)21-37-31(36)33-20-23-6-4-3-5-7-23/h3-7,10,13,18-19,22,24,27-28H,8-9,11-12,14-17,20-21H2,1-2H3,(H,33,36). The van der Waals surface area contributed by atoms with E-state index in [9.17, 15) is 9.18 Å². The molecule has 1 saturated carbocycles. The molecule has 1 amide bonds.